The topological polar surface area (TPSA) is 84.9 Å². The molecule has 0 aromatic heterocycles. The van der Waals surface area contributed by atoms with Crippen LogP contribution in [0.15, 0.2) is 18.2 Å². The zero-order chi connectivity index (χ0) is 19.0. The number of benzene rings is 1. The number of rotatable bonds is 10. The lowest BCUT2D eigenvalue weighted by molar-refractivity contribution is -0.138. The molecule has 0 bridgehead atoms. The Labute approximate surface area is 149 Å². The second kappa shape index (κ2) is 9.30. The van der Waals surface area contributed by atoms with E-state index in [1.165, 1.54) is 7.11 Å². The minimum absolute atomic E-state index is 0.0360. The molecule has 6 heteroatoms. The SMILES string of the molecule is CCCCOc1ccc(C(=O)NC(C)(CC(=O)O)C(C)C)cc1OC. The van der Waals surface area contributed by atoms with Crippen LogP contribution in [0, 0.1) is 5.92 Å². The first-order chi connectivity index (χ1) is 11.7. The van der Waals surface area contributed by atoms with Gasteiger partial charge in [0, 0.05) is 5.56 Å². The average molecular weight is 351 g/mol. The van der Waals surface area contributed by atoms with Crippen LogP contribution in [0.2, 0.25) is 0 Å². The lowest BCUT2D eigenvalue weighted by Crippen LogP contribution is -2.51. The molecule has 0 aliphatic heterocycles. The third-order valence-electron chi connectivity index (χ3n) is 4.37. The largest absolute Gasteiger partial charge is 0.493 e. The van der Waals surface area contributed by atoms with Crippen molar-refractivity contribution in [1.29, 1.82) is 0 Å². The Kier molecular flexibility index (Phi) is 7.74. The fraction of sp³-hybridized carbons (Fsp3) is 0.579. The Bertz CT molecular complexity index is 599. The molecule has 2 N–H and O–H groups in total. The molecule has 0 spiro atoms. The molecule has 1 amide bonds. The number of methoxy groups -OCH3 is 1. The van der Waals surface area contributed by atoms with E-state index in [1.807, 2.05) is 13.8 Å². The summed E-state index contributed by atoms with van der Waals surface area (Å²) in [5.74, 6) is -0.256. The highest BCUT2D eigenvalue weighted by Crippen LogP contribution is 2.29. The zero-order valence-electron chi connectivity index (χ0n) is 15.7. The van der Waals surface area contributed by atoms with E-state index in [2.05, 4.69) is 12.2 Å². The molecule has 1 rings (SSSR count). The van der Waals surface area contributed by atoms with Crippen LogP contribution in [-0.2, 0) is 4.79 Å². The molecular weight excluding hydrogens is 322 g/mol. The van der Waals surface area contributed by atoms with Gasteiger partial charge in [-0.05, 0) is 37.5 Å². The van der Waals surface area contributed by atoms with Crippen molar-refractivity contribution < 1.29 is 24.2 Å². The van der Waals surface area contributed by atoms with Crippen LogP contribution in [0.3, 0.4) is 0 Å². The quantitative estimate of drug-likeness (QED) is 0.630. The van der Waals surface area contributed by atoms with Crippen molar-refractivity contribution in [3.63, 3.8) is 0 Å². The summed E-state index contributed by atoms with van der Waals surface area (Å²) in [6, 6.07) is 4.96. The first-order valence-corrected chi connectivity index (χ1v) is 8.58. The van der Waals surface area contributed by atoms with Gasteiger partial charge in [-0.25, -0.2) is 0 Å². The average Bonchev–Trinajstić information content (AvgIpc) is 2.54. The second-order valence-electron chi connectivity index (χ2n) is 6.66. The van der Waals surface area contributed by atoms with Crippen LogP contribution in [0.4, 0.5) is 0 Å². The molecule has 0 saturated heterocycles. The van der Waals surface area contributed by atoms with Gasteiger partial charge in [0.15, 0.2) is 11.5 Å². The standard InChI is InChI=1S/C19H29NO5/c1-6-7-10-25-15-9-8-14(11-16(15)24-5)18(23)20-19(4,13(2)3)12-17(21)22/h8-9,11,13H,6-7,10,12H2,1-5H3,(H,20,23)(H,21,22). The van der Waals surface area contributed by atoms with Gasteiger partial charge in [-0.1, -0.05) is 27.2 Å². The predicted molar refractivity (Wildman–Crippen MR) is 96.4 cm³/mol. The highest BCUT2D eigenvalue weighted by atomic mass is 16.5. The number of nitrogens with one attached hydrogen (secondary N) is 1. The molecule has 1 atom stereocenters. The van der Waals surface area contributed by atoms with E-state index in [0.29, 0.717) is 23.7 Å². The first-order valence-electron chi connectivity index (χ1n) is 8.58. The number of carbonyl (C=O) groups excluding carboxylic acids is 1. The number of carboxylic acid groups (broad SMARTS) is 1. The smallest absolute Gasteiger partial charge is 0.305 e. The van der Waals surface area contributed by atoms with Crippen molar-refractivity contribution in [2.24, 2.45) is 5.92 Å². The summed E-state index contributed by atoms with van der Waals surface area (Å²) in [5.41, 5.74) is -0.441. The van der Waals surface area contributed by atoms with Gasteiger partial charge in [0.1, 0.15) is 0 Å². The Hall–Kier alpha value is -2.24. The summed E-state index contributed by atoms with van der Waals surface area (Å²) in [5, 5.41) is 12.0. The normalized spacial score (nSPS) is 13.2. The number of amides is 1. The van der Waals surface area contributed by atoms with E-state index in [9.17, 15) is 9.59 Å². The third-order valence-corrected chi connectivity index (χ3v) is 4.37. The summed E-state index contributed by atoms with van der Waals surface area (Å²) in [4.78, 5) is 23.7. The molecular formula is C19H29NO5. The van der Waals surface area contributed by atoms with E-state index >= 15 is 0 Å². The molecule has 0 aliphatic rings. The van der Waals surface area contributed by atoms with Crippen LogP contribution in [0.5, 0.6) is 11.5 Å². The van der Waals surface area contributed by atoms with E-state index in [-0.39, 0.29) is 18.2 Å². The van der Waals surface area contributed by atoms with Gasteiger partial charge in [0.05, 0.1) is 25.7 Å². The minimum Gasteiger partial charge on any atom is -0.493 e. The second-order valence-corrected chi connectivity index (χ2v) is 6.66. The maximum Gasteiger partial charge on any atom is 0.305 e. The molecule has 25 heavy (non-hydrogen) atoms. The van der Waals surface area contributed by atoms with E-state index in [0.717, 1.165) is 12.8 Å². The van der Waals surface area contributed by atoms with Gasteiger partial charge in [0.2, 0.25) is 0 Å². The molecule has 140 valence electrons. The number of ether oxygens (including phenoxy) is 2. The van der Waals surface area contributed by atoms with Gasteiger partial charge in [-0.3, -0.25) is 9.59 Å². The fourth-order valence-corrected chi connectivity index (χ4v) is 2.29. The Morgan fingerprint density at radius 1 is 1.28 bits per heavy atom. The van der Waals surface area contributed by atoms with Crippen LogP contribution in [0.25, 0.3) is 0 Å². The number of unbranched alkanes of at least 4 members (excludes halogenated alkanes) is 1. The van der Waals surface area contributed by atoms with Crippen LogP contribution < -0.4 is 14.8 Å². The van der Waals surface area contributed by atoms with Crippen molar-refractivity contribution >= 4 is 11.9 Å². The summed E-state index contributed by atoms with van der Waals surface area (Å²) >= 11 is 0. The monoisotopic (exact) mass is 351 g/mol. The number of hydrogen-bond donors (Lipinski definition) is 2. The molecule has 0 radical (unpaired) electrons. The van der Waals surface area contributed by atoms with Crippen molar-refractivity contribution in [2.75, 3.05) is 13.7 Å². The van der Waals surface area contributed by atoms with Gasteiger partial charge in [-0.15, -0.1) is 0 Å². The van der Waals surface area contributed by atoms with E-state index < -0.39 is 11.5 Å². The Balaban J connectivity index is 2.95. The van der Waals surface area contributed by atoms with Crippen LogP contribution in [0.1, 0.15) is 57.3 Å². The van der Waals surface area contributed by atoms with Crippen molar-refractivity contribution in [3.8, 4) is 11.5 Å². The number of carbonyl (C=O) groups is 2. The van der Waals surface area contributed by atoms with Crippen LogP contribution in [-0.4, -0.2) is 36.2 Å². The lowest BCUT2D eigenvalue weighted by atomic mass is 9.85. The van der Waals surface area contributed by atoms with E-state index in [1.54, 1.807) is 25.1 Å². The van der Waals surface area contributed by atoms with Gasteiger partial charge < -0.3 is 19.9 Å². The maximum atomic E-state index is 12.6. The predicted octanol–water partition coefficient (Wildman–Crippen LogP) is 3.49. The van der Waals surface area contributed by atoms with Gasteiger partial charge in [0.25, 0.3) is 5.91 Å². The molecule has 1 unspecified atom stereocenters. The first kappa shape index (κ1) is 20.8. The molecule has 0 saturated carbocycles. The Morgan fingerprint density at radius 3 is 2.48 bits per heavy atom. The van der Waals surface area contributed by atoms with Crippen molar-refractivity contribution in [2.45, 2.75) is 52.5 Å². The summed E-state index contributed by atoms with van der Waals surface area (Å²) in [7, 11) is 1.52. The van der Waals surface area contributed by atoms with Crippen LogP contribution >= 0.6 is 0 Å². The fourth-order valence-electron chi connectivity index (χ4n) is 2.29. The molecule has 0 heterocycles. The molecule has 0 fully saturated rings. The molecule has 0 aliphatic carbocycles. The van der Waals surface area contributed by atoms with Gasteiger partial charge >= 0.3 is 5.97 Å². The number of hydrogen-bond acceptors (Lipinski definition) is 4. The number of aliphatic carboxylic acids is 1. The highest BCUT2D eigenvalue weighted by Gasteiger charge is 2.33. The molecule has 1 aromatic rings. The summed E-state index contributed by atoms with van der Waals surface area (Å²) < 4.78 is 11.0. The maximum absolute atomic E-state index is 12.6. The van der Waals surface area contributed by atoms with Crippen molar-refractivity contribution in [1.82, 2.24) is 5.32 Å². The molecule has 1 aromatic carbocycles. The van der Waals surface area contributed by atoms with E-state index in [4.69, 9.17) is 14.6 Å². The number of carboxylic acids is 1. The van der Waals surface area contributed by atoms with Gasteiger partial charge in [-0.2, -0.15) is 0 Å². The Morgan fingerprint density at radius 2 is 1.96 bits per heavy atom. The van der Waals surface area contributed by atoms with Crippen molar-refractivity contribution in [3.05, 3.63) is 23.8 Å². The third kappa shape index (κ3) is 5.96. The zero-order valence-corrected chi connectivity index (χ0v) is 15.7. The highest BCUT2D eigenvalue weighted by molar-refractivity contribution is 5.95. The summed E-state index contributed by atoms with van der Waals surface area (Å²) in [6.45, 7) is 8.17. The summed E-state index contributed by atoms with van der Waals surface area (Å²) in [6.07, 6.45) is 1.82. The lowest BCUT2D eigenvalue weighted by Gasteiger charge is -2.33. The molecule has 6 nitrogen and oxygen atoms in total. The minimum atomic E-state index is -0.950.